The summed E-state index contributed by atoms with van der Waals surface area (Å²) in [5, 5.41) is 0. The van der Waals surface area contributed by atoms with E-state index in [-0.39, 0.29) is 12.2 Å². The third-order valence-corrected chi connectivity index (χ3v) is 1.77. The van der Waals surface area contributed by atoms with E-state index in [0.29, 0.717) is 6.07 Å². The minimum atomic E-state index is -4.89. The summed E-state index contributed by atoms with van der Waals surface area (Å²) in [4.78, 5) is 0. The molecule has 0 aliphatic rings. The normalized spacial score (nSPS) is 11.9. The standard InChI is InChI=1S/C9H7F5O/c1-15-4-5-2-3-6(9(12,13)14)8(11)7(5)10/h2-3H,4H2,1H3. The molecule has 0 amide bonds. The van der Waals surface area contributed by atoms with Crippen molar-refractivity contribution in [2.45, 2.75) is 12.8 Å². The molecular weight excluding hydrogens is 219 g/mol. The van der Waals surface area contributed by atoms with E-state index in [1.165, 1.54) is 7.11 Å². The first kappa shape index (κ1) is 11.9. The molecule has 0 saturated carbocycles. The molecule has 0 atom stereocenters. The lowest BCUT2D eigenvalue weighted by Gasteiger charge is -2.10. The van der Waals surface area contributed by atoms with E-state index < -0.39 is 23.4 Å². The zero-order chi connectivity index (χ0) is 11.6. The molecule has 84 valence electrons. The maximum Gasteiger partial charge on any atom is 0.419 e. The van der Waals surface area contributed by atoms with Crippen molar-refractivity contribution in [3.05, 3.63) is 34.9 Å². The van der Waals surface area contributed by atoms with Gasteiger partial charge in [0.05, 0.1) is 12.2 Å². The van der Waals surface area contributed by atoms with Crippen LogP contribution in [0.3, 0.4) is 0 Å². The second kappa shape index (κ2) is 4.14. The van der Waals surface area contributed by atoms with Gasteiger partial charge in [0.25, 0.3) is 0 Å². The Morgan fingerprint density at radius 3 is 2.20 bits per heavy atom. The quantitative estimate of drug-likeness (QED) is 0.704. The van der Waals surface area contributed by atoms with Crippen molar-refractivity contribution in [3.8, 4) is 0 Å². The van der Waals surface area contributed by atoms with E-state index in [2.05, 4.69) is 4.74 Å². The van der Waals surface area contributed by atoms with E-state index in [1.54, 1.807) is 0 Å². The molecule has 1 rings (SSSR count). The topological polar surface area (TPSA) is 9.23 Å². The second-order valence-corrected chi connectivity index (χ2v) is 2.83. The van der Waals surface area contributed by atoms with E-state index in [9.17, 15) is 22.0 Å². The van der Waals surface area contributed by atoms with Gasteiger partial charge >= 0.3 is 6.18 Å². The highest BCUT2D eigenvalue weighted by atomic mass is 19.4. The molecule has 0 unspecified atom stereocenters. The molecule has 6 heteroatoms. The molecule has 0 spiro atoms. The van der Waals surface area contributed by atoms with Crippen LogP contribution in [0.4, 0.5) is 22.0 Å². The first-order chi connectivity index (χ1) is 6.88. The minimum absolute atomic E-state index is 0.247. The molecule has 0 fully saturated rings. The highest BCUT2D eigenvalue weighted by Gasteiger charge is 2.35. The third-order valence-electron chi connectivity index (χ3n) is 1.77. The largest absolute Gasteiger partial charge is 0.419 e. The highest BCUT2D eigenvalue weighted by Crippen LogP contribution is 2.33. The van der Waals surface area contributed by atoms with Gasteiger partial charge in [-0.15, -0.1) is 0 Å². The van der Waals surface area contributed by atoms with Crippen molar-refractivity contribution in [1.82, 2.24) is 0 Å². The lowest BCUT2D eigenvalue weighted by Crippen LogP contribution is -2.11. The molecule has 0 aromatic heterocycles. The fourth-order valence-corrected chi connectivity index (χ4v) is 1.08. The van der Waals surface area contributed by atoms with Gasteiger partial charge in [-0.05, 0) is 6.07 Å². The lowest BCUT2D eigenvalue weighted by molar-refractivity contribution is -0.140. The number of methoxy groups -OCH3 is 1. The number of hydrogen-bond acceptors (Lipinski definition) is 1. The van der Waals surface area contributed by atoms with Crippen molar-refractivity contribution >= 4 is 0 Å². The van der Waals surface area contributed by atoms with Gasteiger partial charge in [-0.3, -0.25) is 0 Å². The second-order valence-electron chi connectivity index (χ2n) is 2.83. The SMILES string of the molecule is COCc1ccc(C(F)(F)F)c(F)c1F. The Balaban J connectivity index is 3.21. The van der Waals surface area contributed by atoms with Crippen LogP contribution in [-0.4, -0.2) is 7.11 Å². The molecule has 0 N–H and O–H groups in total. The predicted molar refractivity (Wildman–Crippen MR) is 42.1 cm³/mol. The van der Waals surface area contributed by atoms with Crippen molar-refractivity contribution < 1.29 is 26.7 Å². The van der Waals surface area contributed by atoms with E-state index in [4.69, 9.17) is 0 Å². The molecular formula is C9H7F5O. The lowest BCUT2D eigenvalue weighted by atomic mass is 10.1. The van der Waals surface area contributed by atoms with Crippen molar-refractivity contribution in [2.75, 3.05) is 7.11 Å². The first-order valence-corrected chi connectivity index (χ1v) is 3.91. The third kappa shape index (κ3) is 2.44. The molecule has 0 aliphatic heterocycles. The molecule has 0 radical (unpaired) electrons. The van der Waals surface area contributed by atoms with Crippen LogP contribution in [0.25, 0.3) is 0 Å². The fourth-order valence-electron chi connectivity index (χ4n) is 1.08. The van der Waals surface area contributed by atoms with E-state index in [1.807, 2.05) is 0 Å². The Morgan fingerprint density at radius 1 is 1.13 bits per heavy atom. The summed E-state index contributed by atoms with van der Waals surface area (Å²) in [6.45, 7) is -0.277. The Hall–Kier alpha value is -1.17. The Labute approximate surface area is 82.5 Å². The molecule has 1 nitrogen and oxygen atoms in total. The zero-order valence-corrected chi connectivity index (χ0v) is 7.66. The van der Waals surface area contributed by atoms with Gasteiger partial charge in [-0.2, -0.15) is 13.2 Å². The van der Waals surface area contributed by atoms with Crippen molar-refractivity contribution in [3.63, 3.8) is 0 Å². The van der Waals surface area contributed by atoms with Crippen molar-refractivity contribution in [1.29, 1.82) is 0 Å². The van der Waals surface area contributed by atoms with Crippen LogP contribution in [0, 0.1) is 11.6 Å². The van der Waals surface area contributed by atoms with Gasteiger partial charge in [0.15, 0.2) is 11.6 Å². The summed E-state index contributed by atoms with van der Waals surface area (Å²) >= 11 is 0. The van der Waals surface area contributed by atoms with Gasteiger partial charge in [0.1, 0.15) is 0 Å². The zero-order valence-electron chi connectivity index (χ0n) is 7.66. The van der Waals surface area contributed by atoms with Crippen LogP contribution in [0.15, 0.2) is 12.1 Å². The maximum absolute atomic E-state index is 13.0. The van der Waals surface area contributed by atoms with Gasteiger partial charge in [-0.25, -0.2) is 8.78 Å². The number of ether oxygens (including phenoxy) is 1. The fraction of sp³-hybridized carbons (Fsp3) is 0.333. The van der Waals surface area contributed by atoms with Crippen LogP contribution in [0.2, 0.25) is 0 Å². The van der Waals surface area contributed by atoms with Crippen LogP contribution in [0.5, 0.6) is 0 Å². The Morgan fingerprint density at radius 2 is 1.73 bits per heavy atom. The molecule has 0 aliphatic carbocycles. The Bertz CT molecular complexity index is 358. The number of hydrogen-bond donors (Lipinski definition) is 0. The van der Waals surface area contributed by atoms with Crippen molar-refractivity contribution in [2.24, 2.45) is 0 Å². The summed E-state index contributed by atoms with van der Waals surface area (Å²) in [7, 11) is 1.23. The van der Waals surface area contributed by atoms with Crippen LogP contribution in [0.1, 0.15) is 11.1 Å². The van der Waals surface area contributed by atoms with Gasteiger partial charge in [0.2, 0.25) is 0 Å². The molecule has 0 heterocycles. The highest BCUT2D eigenvalue weighted by molar-refractivity contribution is 5.27. The maximum atomic E-state index is 13.0. The van der Waals surface area contributed by atoms with Gasteiger partial charge < -0.3 is 4.74 Å². The van der Waals surface area contributed by atoms with Gasteiger partial charge in [0, 0.05) is 12.7 Å². The first-order valence-electron chi connectivity index (χ1n) is 3.91. The number of rotatable bonds is 2. The number of benzene rings is 1. The number of halogens is 5. The molecule has 0 bridgehead atoms. The van der Waals surface area contributed by atoms with E-state index in [0.717, 1.165) is 6.07 Å². The van der Waals surface area contributed by atoms with Crippen LogP contribution >= 0.6 is 0 Å². The van der Waals surface area contributed by atoms with Crippen LogP contribution in [-0.2, 0) is 17.5 Å². The predicted octanol–water partition coefficient (Wildman–Crippen LogP) is 3.13. The molecule has 0 saturated heterocycles. The van der Waals surface area contributed by atoms with E-state index >= 15 is 0 Å². The number of alkyl halides is 3. The average Bonchev–Trinajstić information content (AvgIpc) is 2.11. The summed E-state index contributed by atoms with van der Waals surface area (Å²) in [6, 6.07) is 1.34. The summed E-state index contributed by atoms with van der Waals surface area (Å²) in [5.41, 5.74) is -1.86. The smallest absolute Gasteiger partial charge is 0.380 e. The molecule has 1 aromatic carbocycles. The summed E-state index contributed by atoms with van der Waals surface area (Å²) in [5.74, 6) is -3.41. The average molecular weight is 226 g/mol. The van der Waals surface area contributed by atoms with Gasteiger partial charge in [-0.1, -0.05) is 6.07 Å². The van der Waals surface area contributed by atoms with Crippen LogP contribution < -0.4 is 0 Å². The molecule has 1 aromatic rings. The Kier molecular flexibility index (Phi) is 3.28. The summed E-state index contributed by atoms with van der Waals surface area (Å²) in [6.07, 6.45) is -4.89. The summed E-state index contributed by atoms with van der Waals surface area (Å²) < 4.78 is 66.8. The molecule has 15 heavy (non-hydrogen) atoms. The monoisotopic (exact) mass is 226 g/mol. The minimum Gasteiger partial charge on any atom is -0.380 e.